The summed E-state index contributed by atoms with van der Waals surface area (Å²) in [5.41, 5.74) is 0.685. The van der Waals surface area contributed by atoms with Gasteiger partial charge in [0.1, 0.15) is 18.0 Å². The van der Waals surface area contributed by atoms with E-state index in [0.717, 1.165) is 24.5 Å². The Labute approximate surface area is 149 Å². The molecule has 0 radical (unpaired) electrons. The number of hydrogen-bond acceptors (Lipinski definition) is 5. The number of halogens is 1. The number of hydrogen-bond donors (Lipinski definition) is 3. The third-order valence-electron chi connectivity index (χ3n) is 4.59. The number of phenolic OH excluding ortho intramolecular Hbond substituents is 1. The van der Waals surface area contributed by atoms with Crippen molar-refractivity contribution in [3.05, 3.63) is 29.7 Å². The zero-order chi connectivity index (χ0) is 18.5. The Morgan fingerprint density at radius 2 is 2.12 bits per heavy atom. The van der Waals surface area contributed by atoms with Crippen LogP contribution in [0.2, 0.25) is 0 Å². The molecule has 1 aromatic carbocycles. The minimum Gasteiger partial charge on any atom is -0.506 e. The fourth-order valence-electron chi connectivity index (χ4n) is 3.03. The second-order valence-electron chi connectivity index (χ2n) is 6.59. The van der Waals surface area contributed by atoms with Gasteiger partial charge in [0, 0.05) is 5.56 Å². The van der Waals surface area contributed by atoms with Crippen molar-refractivity contribution in [3.63, 3.8) is 0 Å². The summed E-state index contributed by atoms with van der Waals surface area (Å²) in [7, 11) is -4.23. The van der Waals surface area contributed by atoms with Gasteiger partial charge in [-0.15, -0.1) is 0 Å². The molecule has 2 fully saturated rings. The lowest BCUT2D eigenvalue weighted by atomic mass is 10.1. The number of aromatic nitrogens is 2. The normalized spacial score (nSPS) is 19.0. The van der Waals surface area contributed by atoms with Gasteiger partial charge in [-0.2, -0.15) is 13.5 Å². The summed E-state index contributed by atoms with van der Waals surface area (Å²) in [6, 6.07) is 4.24. The maximum atomic E-state index is 15.0. The number of anilines is 1. The molecule has 10 heteroatoms. The van der Waals surface area contributed by atoms with Gasteiger partial charge < -0.3 is 5.11 Å². The van der Waals surface area contributed by atoms with Gasteiger partial charge in [0.05, 0.1) is 11.4 Å². The molecule has 8 nitrogen and oxygen atoms in total. The molecule has 1 aliphatic carbocycles. The van der Waals surface area contributed by atoms with Crippen LogP contribution in [0.25, 0.3) is 11.3 Å². The molecule has 0 atom stereocenters. The summed E-state index contributed by atoms with van der Waals surface area (Å²) >= 11 is 0. The average molecular weight is 380 g/mol. The molecular weight excluding hydrogens is 363 g/mol. The van der Waals surface area contributed by atoms with Gasteiger partial charge in [-0.1, -0.05) is 12.8 Å². The van der Waals surface area contributed by atoms with Gasteiger partial charge in [0.25, 0.3) is 5.91 Å². The Morgan fingerprint density at radius 1 is 1.35 bits per heavy atom. The zero-order valence-corrected chi connectivity index (χ0v) is 14.5. The predicted octanol–water partition coefficient (Wildman–Crippen LogP) is 1.44. The van der Waals surface area contributed by atoms with Crippen LogP contribution < -0.4 is 9.03 Å². The number of aromatic hydroxyl groups is 1. The van der Waals surface area contributed by atoms with E-state index in [1.54, 1.807) is 10.8 Å². The number of rotatable bonds is 5. The molecular formula is C16H17FN4O4S. The van der Waals surface area contributed by atoms with E-state index < -0.39 is 39.9 Å². The van der Waals surface area contributed by atoms with Crippen LogP contribution in [0.5, 0.6) is 5.75 Å². The van der Waals surface area contributed by atoms with Crippen LogP contribution in [0.3, 0.4) is 0 Å². The van der Waals surface area contributed by atoms with Crippen molar-refractivity contribution in [2.24, 2.45) is 5.92 Å². The standard InChI is InChI=1S/C16H17FN4O4S/c17-15-11(12-7-10(18-19-12)4-3-9-1-2-9)5-6-13(22)16(15)21-8-14(23)20-26(21,24)25/h5-7,9,22H,1-4,8H2,(H,18,19)(H,20,23). The highest BCUT2D eigenvalue weighted by molar-refractivity contribution is 7.92. The summed E-state index contributed by atoms with van der Waals surface area (Å²) < 4.78 is 41.3. The van der Waals surface area contributed by atoms with E-state index >= 15 is 4.39 Å². The lowest BCUT2D eigenvalue weighted by Gasteiger charge is -2.18. The molecule has 1 saturated carbocycles. The molecule has 4 rings (SSSR count). The fourth-order valence-corrected chi connectivity index (χ4v) is 4.20. The molecule has 0 unspecified atom stereocenters. The topological polar surface area (TPSA) is 115 Å². The van der Waals surface area contributed by atoms with Crippen LogP contribution in [-0.4, -0.2) is 36.2 Å². The molecule has 2 aliphatic rings. The van der Waals surface area contributed by atoms with E-state index in [1.165, 1.54) is 25.0 Å². The number of H-pyrrole nitrogens is 1. The Bertz CT molecular complexity index is 984. The van der Waals surface area contributed by atoms with Gasteiger partial charge in [-0.25, -0.2) is 13.4 Å². The summed E-state index contributed by atoms with van der Waals surface area (Å²) in [5.74, 6) is -1.56. The first-order valence-electron chi connectivity index (χ1n) is 8.24. The SMILES string of the molecule is O=C1CN(c2c(O)ccc(-c3cc(CCC4CC4)n[nH]3)c2F)S(=O)(=O)N1. The molecule has 2 heterocycles. The highest BCUT2D eigenvalue weighted by atomic mass is 32.2. The Morgan fingerprint density at radius 3 is 2.77 bits per heavy atom. The fraction of sp³-hybridized carbons (Fsp3) is 0.375. The second-order valence-corrected chi connectivity index (χ2v) is 8.18. The quantitative estimate of drug-likeness (QED) is 0.726. The van der Waals surface area contributed by atoms with Crippen molar-refractivity contribution in [2.75, 3.05) is 10.8 Å². The third-order valence-corrected chi connectivity index (χ3v) is 5.97. The zero-order valence-electron chi connectivity index (χ0n) is 13.7. The van der Waals surface area contributed by atoms with Crippen molar-refractivity contribution < 1.29 is 22.7 Å². The molecule has 26 heavy (non-hydrogen) atoms. The lowest BCUT2D eigenvalue weighted by molar-refractivity contribution is -0.117. The third kappa shape index (κ3) is 3.00. The van der Waals surface area contributed by atoms with Crippen LogP contribution in [0.15, 0.2) is 18.2 Å². The largest absolute Gasteiger partial charge is 0.506 e. The smallest absolute Gasteiger partial charge is 0.326 e. The van der Waals surface area contributed by atoms with Crippen LogP contribution >= 0.6 is 0 Å². The molecule has 1 saturated heterocycles. The average Bonchev–Trinajstić information content (AvgIpc) is 3.21. The van der Waals surface area contributed by atoms with E-state index in [0.29, 0.717) is 10.00 Å². The first-order chi connectivity index (χ1) is 12.3. The van der Waals surface area contributed by atoms with Crippen LogP contribution in [0, 0.1) is 11.7 Å². The summed E-state index contributed by atoms with van der Waals surface area (Å²) in [4.78, 5) is 11.4. The maximum Gasteiger partial charge on any atom is 0.326 e. The van der Waals surface area contributed by atoms with Crippen molar-refractivity contribution in [2.45, 2.75) is 25.7 Å². The van der Waals surface area contributed by atoms with Crippen LogP contribution in [-0.2, 0) is 21.4 Å². The van der Waals surface area contributed by atoms with E-state index in [2.05, 4.69) is 10.2 Å². The number of carbonyl (C=O) groups excluding carboxylic acids is 1. The van der Waals surface area contributed by atoms with Crippen molar-refractivity contribution in [1.82, 2.24) is 14.9 Å². The molecule has 1 aromatic heterocycles. The van der Waals surface area contributed by atoms with Crippen molar-refractivity contribution >= 4 is 21.8 Å². The van der Waals surface area contributed by atoms with E-state index in [9.17, 15) is 18.3 Å². The Balaban J connectivity index is 1.69. The van der Waals surface area contributed by atoms with E-state index in [1.807, 2.05) is 0 Å². The van der Waals surface area contributed by atoms with E-state index in [4.69, 9.17) is 0 Å². The number of nitrogens with one attached hydrogen (secondary N) is 2. The molecule has 138 valence electrons. The number of carbonyl (C=O) groups is 1. The predicted molar refractivity (Wildman–Crippen MR) is 91.1 cm³/mol. The first-order valence-corrected chi connectivity index (χ1v) is 9.68. The second kappa shape index (κ2) is 5.97. The van der Waals surface area contributed by atoms with Crippen LogP contribution in [0.1, 0.15) is 25.0 Å². The number of phenols is 1. The number of nitrogens with zero attached hydrogens (tertiary/aromatic N) is 2. The van der Waals surface area contributed by atoms with Gasteiger partial charge in [0.2, 0.25) is 0 Å². The van der Waals surface area contributed by atoms with Gasteiger partial charge >= 0.3 is 10.2 Å². The highest BCUT2D eigenvalue weighted by Crippen LogP contribution is 2.38. The van der Waals surface area contributed by atoms with Gasteiger partial charge in [-0.3, -0.25) is 9.89 Å². The van der Waals surface area contributed by atoms with Crippen LogP contribution in [0.4, 0.5) is 10.1 Å². The Hall–Kier alpha value is -2.62. The summed E-state index contributed by atoms with van der Waals surface area (Å²) in [5, 5.41) is 16.9. The molecule has 0 spiro atoms. The highest BCUT2D eigenvalue weighted by Gasteiger charge is 2.38. The van der Waals surface area contributed by atoms with Gasteiger partial charge in [0.15, 0.2) is 5.82 Å². The summed E-state index contributed by atoms with van der Waals surface area (Å²) in [6.07, 6.45) is 4.30. The molecule has 3 N–H and O–H groups in total. The lowest BCUT2D eigenvalue weighted by Crippen LogP contribution is -2.30. The monoisotopic (exact) mass is 380 g/mol. The minimum absolute atomic E-state index is 0.0671. The van der Waals surface area contributed by atoms with E-state index in [-0.39, 0.29) is 5.56 Å². The van der Waals surface area contributed by atoms with Crippen molar-refractivity contribution in [1.29, 1.82) is 0 Å². The Kier molecular flexibility index (Phi) is 3.87. The number of benzene rings is 1. The molecule has 1 amide bonds. The number of aryl methyl sites for hydroxylation is 1. The van der Waals surface area contributed by atoms with Crippen molar-refractivity contribution in [3.8, 4) is 17.0 Å². The molecule has 0 bridgehead atoms. The molecule has 1 aliphatic heterocycles. The molecule has 2 aromatic rings. The minimum atomic E-state index is -4.23. The maximum absolute atomic E-state index is 15.0. The summed E-state index contributed by atoms with van der Waals surface area (Å²) in [6.45, 7) is -0.591. The number of amides is 1. The number of aromatic amines is 1. The van der Waals surface area contributed by atoms with Gasteiger partial charge in [-0.05, 0) is 37.0 Å². The first kappa shape index (κ1) is 16.8.